The Bertz CT molecular complexity index is 316. The van der Waals surface area contributed by atoms with Gasteiger partial charge in [-0.2, -0.15) is 0 Å². The quantitative estimate of drug-likeness (QED) is 0.784. The molecular formula is C13H20N2. The van der Waals surface area contributed by atoms with Crippen molar-refractivity contribution in [2.75, 3.05) is 13.1 Å². The van der Waals surface area contributed by atoms with Crippen LogP contribution in [0, 0.1) is 6.92 Å². The van der Waals surface area contributed by atoms with E-state index in [1.54, 1.807) is 0 Å². The zero-order chi connectivity index (χ0) is 10.7. The summed E-state index contributed by atoms with van der Waals surface area (Å²) in [4.78, 5) is 0. The fraction of sp³-hybridized carbons (Fsp3) is 0.538. The van der Waals surface area contributed by atoms with Gasteiger partial charge in [0.1, 0.15) is 0 Å². The average Bonchev–Trinajstić information content (AvgIpc) is 2.16. The van der Waals surface area contributed by atoms with Gasteiger partial charge in [0.05, 0.1) is 0 Å². The molecule has 1 aliphatic rings. The average molecular weight is 204 g/mol. The number of hydrogen-bond acceptors (Lipinski definition) is 2. The topological polar surface area (TPSA) is 38.0 Å². The molecule has 0 aliphatic heterocycles. The lowest BCUT2D eigenvalue weighted by Crippen LogP contribution is -2.42. The maximum atomic E-state index is 5.46. The fourth-order valence-corrected chi connectivity index (χ4v) is 2.27. The fourth-order valence-electron chi connectivity index (χ4n) is 2.27. The summed E-state index contributed by atoms with van der Waals surface area (Å²) in [5, 5.41) is 3.46. The van der Waals surface area contributed by atoms with Gasteiger partial charge in [0.2, 0.25) is 0 Å². The summed E-state index contributed by atoms with van der Waals surface area (Å²) < 4.78 is 0. The van der Waals surface area contributed by atoms with Crippen molar-refractivity contribution in [1.29, 1.82) is 0 Å². The molecule has 2 rings (SSSR count). The Balaban J connectivity index is 1.84. The number of hydrogen-bond donors (Lipinski definition) is 2. The molecule has 0 saturated heterocycles. The molecule has 15 heavy (non-hydrogen) atoms. The van der Waals surface area contributed by atoms with Crippen LogP contribution < -0.4 is 11.1 Å². The van der Waals surface area contributed by atoms with Crippen LogP contribution >= 0.6 is 0 Å². The zero-order valence-corrected chi connectivity index (χ0v) is 9.37. The number of benzene rings is 1. The standard InChI is InChI=1S/C13H20N2/c1-10-3-2-4-11(7-10)12-8-13(9-12)15-6-5-14/h2-4,7,12-13,15H,5-6,8-9,14H2,1H3. The normalized spacial score (nSPS) is 24.9. The van der Waals surface area contributed by atoms with Gasteiger partial charge in [-0.3, -0.25) is 0 Å². The number of nitrogens with one attached hydrogen (secondary N) is 1. The molecule has 0 unspecified atom stereocenters. The molecular weight excluding hydrogens is 184 g/mol. The van der Waals surface area contributed by atoms with Crippen LogP contribution in [0.15, 0.2) is 24.3 Å². The van der Waals surface area contributed by atoms with Gasteiger partial charge >= 0.3 is 0 Å². The predicted molar refractivity (Wildman–Crippen MR) is 64.0 cm³/mol. The zero-order valence-electron chi connectivity index (χ0n) is 9.37. The number of rotatable bonds is 4. The molecule has 0 aromatic heterocycles. The highest BCUT2D eigenvalue weighted by Crippen LogP contribution is 2.36. The molecule has 2 nitrogen and oxygen atoms in total. The second kappa shape index (κ2) is 4.77. The third-order valence-electron chi connectivity index (χ3n) is 3.23. The van der Waals surface area contributed by atoms with Crippen LogP contribution in [0.25, 0.3) is 0 Å². The summed E-state index contributed by atoms with van der Waals surface area (Å²) in [6.45, 7) is 3.85. The molecule has 1 aromatic carbocycles. The van der Waals surface area contributed by atoms with E-state index < -0.39 is 0 Å². The van der Waals surface area contributed by atoms with E-state index in [1.807, 2.05) is 0 Å². The second-order valence-electron chi connectivity index (χ2n) is 4.52. The number of aryl methyl sites for hydroxylation is 1. The Kier molecular flexibility index (Phi) is 3.39. The van der Waals surface area contributed by atoms with E-state index in [0.717, 1.165) is 19.0 Å². The van der Waals surface area contributed by atoms with E-state index in [4.69, 9.17) is 5.73 Å². The van der Waals surface area contributed by atoms with Gasteiger partial charge in [-0.15, -0.1) is 0 Å². The van der Waals surface area contributed by atoms with E-state index in [-0.39, 0.29) is 0 Å². The number of nitrogens with two attached hydrogens (primary N) is 1. The van der Waals surface area contributed by atoms with Gasteiger partial charge in [-0.05, 0) is 31.2 Å². The highest BCUT2D eigenvalue weighted by Gasteiger charge is 2.29. The molecule has 1 saturated carbocycles. The first-order chi connectivity index (χ1) is 7.29. The Morgan fingerprint density at radius 3 is 2.87 bits per heavy atom. The maximum Gasteiger partial charge on any atom is 0.00792 e. The van der Waals surface area contributed by atoms with Crippen molar-refractivity contribution in [2.45, 2.75) is 31.7 Å². The molecule has 1 aliphatic carbocycles. The molecule has 82 valence electrons. The van der Waals surface area contributed by atoms with Crippen molar-refractivity contribution in [3.8, 4) is 0 Å². The van der Waals surface area contributed by atoms with E-state index >= 15 is 0 Å². The van der Waals surface area contributed by atoms with Crippen LogP contribution in [0.1, 0.15) is 29.9 Å². The molecule has 3 N–H and O–H groups in total. The molecule has 0 radical (unpaired) electrons. The summed E-state index contributed by atoms with van der Waals surface area (Å²) in [6.07, 6.45) is 2.53. The minimum atomic E-state index is 0.694. The van der Waals surface area contributed by atoms with Gasteiger partial charge in [-0.25, -0.2) is 0 Å². The van der Waals surface area contributed by atoms with Crippen molar-refractivity contribution < 1.29 is 0 Å². The van der Waals surface area contributed by atoms with Crippen LogP contribution in [0.4, 0.5) is 0 Å². The minimum Gasteiger partial charge on any atom is -0.329 e. The molecule has 0 amide bonds. The van der Waals surface area contributed by atoms with Crippen LogP contribution in [0.5, 0.6) is 0 Å². The third kappa shape index (κ3) is 2.58. The van der Waals surface area contributed by atoms with Crippen LogP contribution in [0.2, 0.25) is 0 Å². The van der Waals surface area contributed by atoms with Gasteiger partial charge < -0.3 is 11.1 Å². The van der Waals surface area contributed by atoms with Crippen molar-refractivity contribution in [2.24, 2.45) is 5.73 Å². The van der Waals surface area contributed by atoms with Gasteiger partial charge in [0.15, 0.2) is 0 Å². The van der Waals surface area contributed by atoms with Gasteiger partial charge in [0, 0.05) is 19.1 Å². The first kappa shape index (κ1) is 10.7. The monoisotopic (exact) mass is 204 g/mol. The molecule has 0 heterocycles. The van der Waals surface area contributed by atoms with E-state index in [2.05, 4.69) is 36.5 Å². The summed E-state index contributed by atoms with van der Waals surface area (Å²) in [6, 6.07) is 9.57. The smallest absolute Gasteiger partial charge is 0.00792 e. The van der Waals surface area contributed by atoms with Crippen molar-refractivity contribution in [1.82, 2.24) is 5.32 Å². The molecule has 0 spiro atoms. The summed E-state index contributed by atoms with van der Waals surface area (Å²) in [5.41, 5.74) is 8.33. The van der Waals surface area contributed by atoms with Crippen LogP contribution in [-0.2, 0) is 0 Å². The summed E-state index contributed by atoms with van der Waals surface area (Å²) in [7, 11) is 0. The first-order valence-corrected chi connectivity index (χ1v) is 5.79. The van der Waals surface area contributed by atoms with Crippen molar-refractivity contribution in [3.05, 3.63) is 35.4 Å². The largest absolute Gasteiger partial charge is 0.329 e. The third-order valence-corrected chi connectivity index (χ3v) is 3.23. The Hall–Kier alpha value is -0.860. The van der Waals surface area contributed by atoms with Crippen LogP contribution in [0.3, 0.4) is 0 Å². The summed E-state index contributed by atoms with van der Waals surface area (Å²) >= 11 is 0. The first-order valence-electron chi connectivity index (χ1n) is 5.79. The maximum absolute atomic E-state index is 5.46. The molecule has 1 fully saturated rings. The highest BCUT2D eigenvalue weighted by molar-refractivity contribution is 5.27. The van der Waals surface area contributed by atoms with Gasteiger partial charge in [0.25, 0.3) is 0 Å². The molecule has 2 heteroatoms. The van der Waals surface area contributed by atoms with Gasteiger partial charge in [-0.1, -0.05) is 29.8 Å². The Morgan fingerprint density at radius 1 is 1.40 bits per heavy atom. The van der Waals surface area contributed by atoms with Crippen molar-refractivity contribution in [3.63, 3.8) is 0 Å². The van der Waals surface area contributed by atoms with E-state index in [0.29, 0.717) is 6.04 Å². The van der Waals surface area contributed by atoms with Crippen molar-refractivity contribution >= 4 is 0 Å². The van der Waals surface area contributed by atoms with Crippen LogP contribution in [-0.4, -0.2) is 19.1 Å². The Labute approximate surface area is 91.9 Å². The van der Waals surface area contributed by atoms with E-state index in [1.165, 1.54) is 24.0 Å². The molecule has 0 atom stereocenters. The molecule has 1 aromatic rings. The SMILES string of the molecule is Cc1cccc(C2CC(NCCN)C2)c1. The highest BCUT2D eigenvalue weighted by atomic mass is 14.9. The Morgan fingerprint density at radius 2 is 2.20 bits per heavy atom. The van der Waals surface area contributed by atoms with E-state index in [9.17, 15) is 0 Å². The second-order valence-corrected chi connectivity index (χ2v) is 4.52. The minimum absolute atomic E-state index is 0.694. The lowest BCUT2D eigenvalue weighted by Gasteiger charge is -2.36. The lowest BCUT2D eigenvalue weighted by atomic mass is 9.75. The lowest BCUT2D eigenvalue weighted by molar-refractivity contribution is 0.294. The summed E-state index contributed by atoms with van der Waals surface area (Å²) in [5.74, 6) is 0.764. The molecule has 0 bridgehead atoms. The predicted octanol–water partition coefficient (Wildman–Crippen LogP) is 1.79.